The van der Waals surface area contributed by atoms with Crippen LogP contribution in [0.3, 0.4) is 0 Å². The third-order valence-electron chi connectivity index (χ3n) is 3.89. The quantitative estimate of drug-likeness (QED) is 0.648. The van der Waals surface area contributed by atoms with Gasteiger partial charge in [-0.15, -0.1) is 0 Å². The maximum absolute atomic E-state index is 9.37. The van der Waals surface area contributed by atoms with Crippen LogP contribution in [0.5, 0.6) is 0 Å². The number of rotatable bonds is 5. The molecule has 0 heterocycles. The minimum Gasteiger partial charge on any atom is -0.394 e. The van der Waals surface area contributed by atoms with Crippen LogP contribution in [0, 0.1) is 5.92 Å². The highest BCUT2D eigenvalue weighted by Gasteiger charge is 2.32. The average Bonchev–Trinajstić information content (AvgIpc) is 2.29. The average molecular weight is 215 g/mol. The van der Waals surface area contributed by atoms with Gasteiger partial charge in [-0.3, -0.25) is 0 Å². The van der Waals surface area contributed by atoms with Crippen LogP contribution >= 0.6 is 0 Å². The van der Waals surface area contributed by atoms with Gasteiger partial charge in [-0.25, -0.2) is 0 Å². The van der Waals surface area contributed by atoms with Crippen molar-refractivity contribution in [2.75, 3.05) is 13.2 Å². The van der Waals surface area contributed by atoms with Gasteiger partial charge in [0.05, 0.1) is 18.8 Å². The molecule has 2 atom stereocenters. The molecule has 3 nitrogen and oxygen atoms in total. The molecule has 1 aliphatic rings. The first-order valence-electron chi connectivity index (χ1n) is 6.17. The summed E-state index contributed by atoms with van der Waals surface area (Å²) in [6.07, 6.45) is 5.77. The lowest BCUT2D eigenvalue weighted by Crippen LogP contribution is -2.57. The summed E-state index contributed by atoms with van der Waals surface area (Å²) in [7, 11) is 0. The van der Waals surface area contributed by atoms with Crippen molar-refractivity contribution < 1.29 is 10.2 Å². The van der Waals surface area contributed by atoms with Gasteiger partial charge in [-0.2, -0.15) is 0 Å². The van der Waals surface area contributed by atoms with Crippen LogP contribution in [0.25, 0.3) is 0 Å². The van der Waals surface area contributed by atoms with Crippen LogP contribution in [-0.2, 0) is 0 Å². The van der Waals surface area contributed by atoms with E-state index < -0.39 is 5.54 Å². The third kappa shape index (κ3) is 3.16. The molecule has 0 amide bonds. The predicted octanol–water partition coefficient (Wildman–Crippen LogP) is 1.29. The van der Waals surface area contributed by atoms with Gasteiger partial charge in [-0.1, -0.05) is 26.7 Å². The zero-order valence-corrected chi connectivity index (χ0v) is 10.00. The summed E-state index contributed by atoms with van der Waals surface area (Å²) in [5.41, 5.74) is -0.476. The Balaban J connectivity index is 2.56. The lowest BCUT2D eigenvalue weighted by Gasteiger charge is -2.39. The molecule has 90 valence electrons. The standard InChI is InChI=1S/C12H25NO2/c1-3-12(8-14,9-15)13-11-7-5-4-6-10(11)2/h10-11,13-15H,3-9H2,1-2H3. The zero-order chi connectivity index (χ0) is 11.3. The van der Waals surface area contributed by atoms with E-state index in [1.54, 1.807) is 0 Å². The van der Waals surface area contributed by atoms with Gasteiger partial charge in [0.2, 0.25) is 0 Å². The molecule has 1 saturated carbocycles. The third-order valence-corrected chi connectivity index (χ3v) is 3.89. The fourth-order valence-electron chi connectivity index (χ4n) is 2.39. The summed E-state index contributed by atoms with van der Waals surface area (Å²) in [5.74, 6) is 0.655. The monoisotopic (exact) mass is 215 g/mol. The molecule has 0 aromatic carbocycles. The molecule has 0 aromatic rings. The Hall–Kier alpha value is -0.120. The van der Waals surface area contributed by atoms with Crippen molar-refractivity contribution in [2.24, 2.45) is 5.92 Å². The van der Waals surface area contributed by atoms with Crippen LogP contribution < -0.4 is 5.32 Å². The Morgan fingerprint density at radius 1 is 1.20 bits per heavy atom. The summed E-state index contributed by atoms with van der Waals surface area (Å²) in [6, 6.07) is 0.456. The molecule has 3 N–H and O–H groups in total. The van der Waals surface area contributed by atoms with Crippen LogP contribution in [0.1, 0.15) is 46.0 Å². The Bertz CT molecular complexity index is 172. The number of hydrogen-bond donors (Lipinski definition) is 3. The van der Waals surface area contributed by atoms with Crippen molar-refractivity contribution in [1.82, 2.24) is 5.32 Å². The van der Waals surface area contributed by atoms with E-state index in [-0.39, 0.29) is 13.2 Å². The van der Waals surface area contributed by atoms with E-state index in [1.807, 2.05) is 6.92 Å². The Morgan fingerprint density at radius 3 is 2.27 bits per heavy atom. The smallest absolute Gasteiger partial charge is 0.0647 e. The highest BCUT2D eigenvalue weighted by atomic mass is 16.3. The molecule has 2 unspecified atom stereocenters. The van der Waals surface area contributed by atoms with Crippen molar-refractivity contribution in [2.45, 2.75) is 57.5 Å². The van der Waals surface area contributed by atoms with Gasteiger partial charge in [0, 0.05) is 6.04 Å². The van der Waals surface area contributed by atoms with Crippen molar-refractivity contribution in [3.63, 3.8) is 0 Å². The van der Waals surface area contributed by atoms with E-state index in [2.05, 4.69) is 12.2 Å². The molecule has 0 aromatic heterocycles. The molecule has 1 rings (SSSR count). The summed E-state index contributed by atoms with van der Waals surface area (Å²) in [4.78, 5) is 0. The number of nitrogens with one attached hydrogen (secondary N) is 1. The Morgan fingerprint density at radius 2 is 1.80 bits per heavy atom. The summed E-state index contributed by atoms with van der Waals surface area (Å²) >= 11 is 0. The molecular weight excluding hydrogens is 190 g/mol. The molecular formula is C12H25NO2. The highest BCUT2D eigenvalue weighted by Crippen LogP contribution is 2.26. The first kappa shape index (κ1) is 12.9. The van der Waals surface area contributed by atoms with E-state index >= 15 is 0 Å². The van der Waals surface area contributed by atoms with E-state index in [0.29, 0.717) is 12.0 Å². The molecule has 15 heavy (non-hydrogen) atoms. The van der Waals surface area contributed by atoms with Crippen molar-refractivity contribution in [3.8, 4) is 0 Å². The normalized spacial score (nSPS) is 28.0. The fraction of sp³-hybridized carbons (Fsp3) is 1.00. The maximum atomic E-state index is 9.37. The molecule has 0 spiro atoms. The van der Waals surface area contributed by atoms with Crippen LogP contribution in [0.15, 0.2) is 0 Å². The second kappa shape index (κ2) is 5.83. The first-order valence-corrected chi connectivity index (χ1v) is 6.17. The van der Waals surface area contributed by atoms with Gasteiger partial charge >= 0.3 is 0 Å². The summed E-state index contributed by atoms with van der Waals surface area (Å²) in [5, 5.41) is 22.2. The Kier molecular flexibility index (Phi) is 5.03. The van der Waals surface area contributed by atoms with Gasteiger partial charge in [0.25, 0.3) is 0 Å². The molecule has 0 radical (unpaired) electrons. The lowest BCUT2D eigenvalue weighted by molar-refractivity contribution is 0.0639. The summed E-state index contributed by atoms with van der Waals surface area (Å²) < 4.78 is 0. The number of aliphatic hydroxyl groups excluding tert-OH is 2. The zero-order valence-electron chi connectivity index (χ0n) is 10.00. The SMILES string of the molecule is CCC(CO)(CO)NC1CCCCC1C. The minimum absolute atomic E-state index is 0.0171. The predicted molar refractivity (Wildman–Crippen MR) is 61.7 cm³/mol. The topological polar surface area (TPSA) is 52.5 Å². The molecule has 0 saturated heterocycles. The minimum atomic E-state index is -0.476. The van der Waals surface area contributed by atoms with Crippen molar-refractivity contribution in [1.29, 1.82) is 0 Å². The Labute approximate surface area is 92.9 Å². The maximum Gasteiger partial charge on any atom is 0.0647 e. The summed E-state index contributed by atoms with van der Waals surface area (Å²) in [6.45, 7) is 4.30. The highest BCUT2D eigenvalue weighted by molar-refractivity contribution is 4.91. The number of hydrogen-bond acceptors (Lipinski definition) is 3. The number of aliphatic hydroxyl groups is 2. The van der Waals surface area contributed by atoms with Crippen molar-refractivity contribution in [3.05, 3.63) is 0 Å². The van der Waals surface area contributed by atoms with Crippen LogP contribution in [0.4, 0.5) is 0 Å². The van der Waals surface area contributed by atoms with Crippen molar-refractivity contribution >= 4 is 0 Å². The van der Waals surface area contributed by atoms with E-state index in [9.17, 15) is 10.2 Å². The van der Waals surface area contributed by atoms with E-state index in [4.69, 9.17) is 0 Å². The van der Waals surface area contributed by atoms with E-state index in [0.717, 1.165) is 6.42 Å². The molecule has 0 bridgehead atoms. The second-order valence-corrected chi connectivity index (χ2v) is 4.96. The molecule has 1 aliphatic carbocycles. The van der Waals surface area contributed by atoms with E-state index in [1.165, 1.54) is 25.7 Å². The first-order chi connectivity index (χ1) is 7.17. The molecule has 1 fully saturated rings. The molecule has 3 heteroatoms. The van der Waals surface area contributed by atoms with Gasteiger partial charge < -0.3 is 15.5 Å². The van der Waals surface area contributed by atoms with Gasteiger partial charge in [0.15, 0.2) is 0 Å². The molecule has 0 aliphatic heterocycles. The lowest BCUT2D eigenvalue weighted by atomic mass is 9.83. The largest absolute Gasteiger partial charge is 0.394 e. The van der Waals surface area contributed by atoms with Gasteiger partial charge in [0.1, 0.15) is 0 Å². The van der Waals surface area contributed by atoms with Crippen LogP contribution in [-0.4, -0.2) is 35.0 Å². The second-order valence-electron chi connectivity index (χ2n) is 4.96. The van der Waals surface area contributed by atoms with Crippen LogP contribution in [0.2, 0.25) is 0 Å². The fourth-order valence-corrected chi connectivity index (χ4v) is 2.39. The van der Waals surface area contributed by atoms with Gasteiger partial charge in [-0.05, 0) is 25.2 Å².